The van der Waals surface area contributed by atoms with Crippen LogP contribution in [0.2, 0.25) is 0 Å². The molecule has 2 aromatic carbocycles. The van der Waals surface area contributed by atoms with Crippen LogP contribution in [0.3, 0.4) is 0 Å². The summed E-state index contributed by atoms with van der Waals surface area (Å²) < 4.78 is 8.63. The average molecular weight is 525 g/mol. The van der Waals surface area contributed by atoms with Gasteiger partial charge in [-0.25, -0.2) is 14.8 Å². The van der Waals surface area contributed by atoms with Gasteiger partial charge in [0.1, 0.15) is 0 Å². The molecule has 0 bridgehead atoms. The summed E-state index contributed by atoms with van der Waals surface area (Å²) in [5, 5.41) is 11.6. The number of hydrogen-bond acceptors (Lipinski definition) is 5. The fourth-order valence-electron chi connectivity index (χ4n) is 5.93. The summed E-state index contributed by atoms with van der Waals surface area (Å²) in [5.41, 5.74) is 8.33. The molecule has 1 aliphatic carbocycles. The van der Waals surface area contributed by atoms with Crippen molar-refractivity contribution in [1.29, 1.82) is 0 Å². The molecule has 7 nitrogen and oxygen atoms in total. The van der Waals surface area contributed by atoms with Gasteiger partial charge in [0.15, 0.2) is 6.10 Å². The van der Waals surface area contributed by atoms with Crippen molar-refractivity contribution in [2.24, 2.45) is 0 Å². The van der Waals surface area contributed by atoms with Crippen molar-refractivity contribution in [2.75, 3.05) is 11.4 Å². The molecule has 3 heterocycles. The molecule has 1 fully saturated rings. The minimum absolute atomic E-state index is 0.583. The van der Waals surface area contributed by atoms with Gasteiger partial charge in [0.25, 0.3) is 0 Å². The van der Waals surface area contributed by atoms with Crippen LogP contribution in [-0.4, -0.2) is 37.8 Å². The summed E-state index contributed by atoms with van der Waals surface area (Å²) in [6.07, 6.45) is 5.17. The molecule has 0 unspecified atom stereocenters. The van der Waals surface area contributed by atoms with Crippen molar-refractivity contribution >= 4 is 28.5 Å². The van der Waals surface area contributed by atoms with Gasteiger partial charge in [0.2, 0.25) is 5.95 Å². The van der Waals surface area contributed by atoms with Crippen molar-refractivity contribution in [2.45, 2.75) is 78.6 Å². The van der Waals surface area contributed by atoms with Crippen molar-refractivity contribution in [3.63, 3.8) is 0 Å². The zero-order valence-corrected chi connectivity index (χ0v) is 23.6. The lowest BCUT2D eigenvalue weighted by atomic mass is 9.87. The average Bonchev–Trinajstić information content (AvgIpc) is 3.69. The van der Waals surface area contributed by atoms with Gasteiger partial charge in [-0.1, -0.05) is 29.8 Å². The van der Waals surface area contributed by atoms with E-state index in [1.54, 1.807) is 0 Å². The largest absolute Gasteiger partial charge is 0.479 e. The Bertz CT molecular complexity index is 1580. The second-order valence-electron chi connectivity index (χ2n) is 12.0. The number of aromatic nitrogens is 3. The van der Waals surface area contributed by atoms with Crippen LogP contribution >= 0.6 is 0 Å². The number of aliphatic carboxylic acids is 1. The van der Waals surface area contributed by atoms with Crippen molar-refractivity contribution in [3.8, 4) is 11.1 Å². The Kier molecular flexibility index (Phi) is 6.03. The molecule has 0 amide bonds. The van der Waals surface area contributed by atoms with Crippen molar-refractivity contribution in [1.82, 2.24) is 14.5 Å². The SMILES string of the molecule is Cc1ccc(-c2c([C@H](OC(C)(C)C)C(=O)O)c(C)c3c4c2cc(C)n4CCN3c2ncc(C3CC3)cn2)cc1. The van der Waals surface area contributed by atoms with Crippen molar-refractivity contribution in [3.05, 3.63) is 70.7 Å². The number of hydrogen-bond donors (Lipinski definition) is 1. The van der Waals surface area contributed by atoms with Gasteiger partial charge in [0, 0.05) is 42.1 Å². The molecular formula is C32H36N4O3. The van der Waals surface area contributed by atoms with Crippen LogP contribution in [0, 0.1) is 20.8 Å². The van der Waals surface area contributed by atoms with Gasteiger partial charge < -0.3 is 19.3 Å². The summed E-state index contributed by atoms with van der Waals surface area (Å²) in [4.78, 5) is 24.6. The van der Waals surface area contributed by atoms with Crippen LogP contribution in [-0.2, 0) is 16.1 Å². The first-order chi connectivity index (χ1) is 18.5. The van der Waals surface area contributed by atoms with E-state index < -0.39 is 17.7 Å². The van der Waals surface area contributed by atoms with Gasteiger partial charge >= 0.3 is 5.97 Å². The molecule has 39 heavy (non-hydrogen) atoms. The van der Waals surface area contributed by atoms with Gasteiger partial charge in [0.05, 0.1) is 16.8 Å². The first-order valence-corrected chi connectivity index (χ1v) is 13.8. The number of ether oxygens (including phenoxy) is 1. The lowest BCUT2D eigenvalue weighted by molar-refractivity contribution is -0.160. The van der Waals surface area contributed by atoms with Gasteiger partial charge in [-0.2, -0.15) is 0 Å². The maximum Gasteiger partial charge on any atom is 0.337 e. The molecule has 6 rings (SSSR count). The van der Waals surface area contributed by atoms with E-state index in [9.17, 15) is 9.90 Å². The number of nitrogens with zero attached hydrogens (tertiary/aromatic N) is 4. The first kappa shape index (κ1) is 25.6. The van der Waals surface area contributed by atoms with E-state index >= 15 is 0 Å². The number of carboxylic acid groups (broad SMARTS) is 1. The standard InChI is InChI=1S/C32H36N4O3/c1-18-7-9-22(10-8-18)26-24-15-19(2)35-13-14-36(31-33-16-23(17-34-31)21-11-12-21)27(28(24)35)20(3)25(26)29(30(37)38)39-32(4,5)6/h7-10,15-17,21,29H,11-14H2,1-6H3,(H,37,38)/t29-/m0/s1. The fourth-order valence-corrected chi connectivity index (χ4v) is 5.93. The normalized spacial score (nSPS) is 16.1. The summed E-state index contributed by atoms with van der Waals surface area (Å²) in [6.45, 7) is 13.4. The molecule has 1 saturated carbocycles. The third-order valence-electron chi connectivity index (χ3n) is 7.89. The van der Waals surface area contributed by atoms with Gasteiger partial charge in [-0.05, 0) is 88.6 Å². The zero-order valence-electron chi connectivity index (χ0n) is 23.6. The minimum Gasteiger partial charge on any atom is -0.479 e. The Morgan fingerprint density at radius 1 is 1.05 bits per heavy atom. The maximum atomic E-state index is 12.9. The number of anilines is 2. The third-order valence-corrected chi connectivity index (χ3v) is 7.89. The molecule has 202 valence electrons. The molecule has 1 aliphatic heterocycles. The monoisotopic (exact) mass is 524 g/mol. The number of aryl methyl sites for hydroxylation is 2. The van der Waals surface area contributed by atoms with Crippen LogP contribution in [0.4, 0.5) is 11.6 Å². The van der Waals surface area contributed by atoms with Gasteiger partial charge in [-0.15, -0.1) is 0 Å². The lowest BCUT2D eigenvalue weighted by Gasteiger charge is -2.35. The molecule has 0 spiro atoms. The number of rotatable bonds is 6. The summed E-state index contributed by atoms with van der Waals surface area (Å²) >= 11 is 0. The lowest BCUT2D eigenvalue weighted by Crippen LogP contribution is -2.32. The van der Waals surface area contributed by atoms with E-state index in [0.717, 1.165) is 51.1 Å². The highest BCUT2D eigenvalue weighted by molar-refractivity contribution is 6.08. The highest BCUT2D eigenvalue weighted by atomic mass is 16.5. The molecule has 0 saturated heterocycles. The van der Waals surface area contributed by atoms with E-state index in [0.29, 0.717) is 24.0 Å². The summed E-state index contributed by atoms with van der Waals surface area (Å²) in [7, 11) is 0. The van der Waals surface area contributed by atoms with Crippen LogP contribution in [0.1, 0.15) is 73.6 Å². The highest BCUT2D eigenvalue weighted by Gasteiger charge is 2.37. The Balaban J connectivity index is 1.66. The predicted octanol–water partition coefficient (Wildman–Crippen LogP) is 6.99. The van der Waals surface area contributed by atoms with Crippen LogP contribution < -0.4 is 4.90 Å². The van der Waals surface area contributed by atoms with Crippen molar-refractivity contribution < 1.29 is 14.6 Å². The molecule has 2 aromatic heterocycles. The summed E-state index contributed by atoms with van der Waals surface area (Å²) in [5.74, 6) is 0.225. The maximum absolute atomic E-state index is 12.9. The van der Waals surface area contributed by atoms with E-state index in [-0.39, 0.29) is 0 Å². The smallest absolute Gasteiger partial charge is 0.337 e. The molecule has 1 atom stereocenters. The minimum atomic E-state index is -1.15. The first-order valence-electron chi connectivity index (χ1n) is 13.8. The number of carbonyl (C=O) groups is 1. The molecule has 1 N–H and O–H groups in total. The second-order valence-corrected chi connectivity index (χ2v) is 12.0. The molecular weight excluding hydrogens is 488 g/mol. The second kappa shape index (κ2) is 9.19. The van der Waals surface area contributed by atoms with Gasteiger partial charge in [-0.3, -0.25) is 0 Å². The predicted molar refractivity (Wildman–Crippen MR) is 154 cm³/mol. The number of benzene rings is 2. The molecule has 0 radical (unpaired) electrons. The summed E-state index contributed by atoms with van der Waals surface area (Å²) in [6, 6.07) is 10.5. The van der Waals surface area contributed by atoms with E-state index in [1.165, 1.54) is 18.4 Å². The molecule has 4 aromatic rings. The fraction of sp³-hybridized carbons (Fsp3) is 0.406. The zero-order chi connectivity index (χ0) is 27.6. The van der Waals surface area contributed by atoms with Crippen LogP contribution in [0.25, 0.3) is 22.0 Å². The third kappa shape index (κ3) is 4.48. The molecule has 7 heteroatoms. The van der Waals surface area contributed by atoms with E-state index in [1.807, 2.05) is 40.1 Å². The van der Waals surface area contributed by atoms with Crippen LogP contribution in [0.15, 0.2) is 42.7 Å². The Hall–Kier alpha value is -3.71. The topological polar surface area (TPSA) is 80.5 Å². The van der Waals surface area contributed by atoms with E-state index in [2.05, 4.69) is 53.6 Å². The number of carboxylic acids is 1. The van der Waals surface area contributed by atoms with E-state index in [4.69, 9.17) is 14.7 Å². The Morgan fingerprint density at radius 3 is 2.31 bits per heavy atom. The Labute approximate surface area is 229 Å². The molecule has 2 aliphatic rings. The van der Waals surface area contributed by atoms with Crippen LogP contribution in [0.5, 0.6) is 0 Å². The highest BCUT2D eigenvalue weighted by Crippen LogP contribution is 2.49. The quantitative estimate of drug-likeness (QED) is 0.293. The Morgan fingerprint density at radius 2 is 1.72 bits per heavy atom.